The summed E-state index contributed by atoms with van der Waals surface area (Å²) in [6.45, 7) is 2.07. The number of quaternary nitrogens is 1. The van der Waals surface area contributed by atoms with E-state index in [4.69, 9.17) is 18.5 Å². The third-order valence-electron chi connectivity index (χ3n) is 7.36. The predicted octanol–water partition coefficient (Wildman–Crippen LogP) is 7.69. The molecule has 0 rings (SSSR count). The van der Waals surface area contributed by atoms with E-state index in [1.165, 1.54) is 64.2 Å². The van der Waals surface area contributed by atoms with Gasteiger partial charge in [0, 0.05) is 19.3 Å². The van der Waals surface area contributed by atoms with Gasteiger partial charge in [0.25, 0.3) is 0 Å². The first kappa shape index (κ1) is 42.7. The van der Waals surface area contributed by atoms with Crippen molar-refractivity contribution in [1.82, 2.24) is 0 Å². The van der Waals surface area contributed by atoms with Gasteiger partial charge in [0.05, 0.1) is 27.7 Å². The fourth-order valence-corrected chi connectivity index (χ4v) is 5.32. The van der Waals surface area contributed by atoms with Crippen molar-refractivity contribution < 1.29 is 46.8 Å². The fourth-order valence-electron chi connectivity index (χ4n) is 4.58. The lowest BCUT2D eigenvalue weighted by atomic mass is 10.0. The number of carbonyl (C=O) groups excluding carboxylic acids is 3. The number of likely N-dealkylation sites (N-methyl/N-ethyl adjacent to an activating group) is 1. The van der Waals surface area contributed by atoms with Crippen LogP contribution in [0, 0.1) is 0 Å². The summed E-state index contributed by atoms with van der Waals surface area (Å²) in [5.74, 6) is -0.881. The Bertz CT molecular complexity index is 773. The summed E-state index contributed by atoms with van der Waals surface area (Å²) >= 11 is 0. The second-order valence-corrected chi connectivity index (χ2v) is 14.3. The van der Waals surface area contributed by atoms with Crippen molar-refractivity contribution in [2.24, 2.45) is 0 Å². The Morgan fingerprint density at radius 3 is 1.68 bits per heavy atom. The van der Waals surface area contributed by atoms with E-state index in [-0.39, 0.29) is 26.1 Å². The maximum Gasteiger partial charge on any atom is 0.472 e. The van der Waals surface area contributed by atoms with E-state index in [1.807, 2.05) is 21.1 Å². The van der Waals surface area contributed by atoms with Gasteiger partial charge >= 0.3 is 19.8 Å². The molecule has 260 valence electrons. The summed E-state index contributed by atoms with van der Waals surface area (Å²) in [6.07, 6.45) is 20.9. The highest BCUT2D eigenvalue weighted by atomic mass is 31.2. The number of esters is 2. The molecule has 0 bridgehead atoms. The third-order valence-corrected chi connectivity index (χ3v) is 8.34. The van der Waals surface area contributed by atoms with Gasteiger partial charge in [-0.1, -0.05) is 103 Å². The summed E-state index contributed by atoms with van der Waals surface area (Å²) in [6, 6.07) is 0. The SMILES string of the molecule is CCCCCCCCCCCCCCCC(=O)OC[C@@H](COP(=O)(O)OCC[N+](C)(C)C)OC(=O)CCCCCCCC=O. The van der Waals surface area contributed by atoms with Crippen LogP contribution in [0.25, 0.3) is 0 Å². The zero-order valence-corrected chi connectivity index (χ0v) is 29.3. The first-order chi connectivity index (χ1) is 21.0. The highest BCUT2D eigenvalue weighted by Gasteiger charge is 2.27. The molecule has 1 N–H and O–H groups in total. The van der Waals surface area contributed by atoms with Crippen molar-refractivity contribution in [2.75, 3.05) is 47.5 Å². The zero-order chi connectivity index (χ0) is 32.9. The van der Waals surface area contributed by atoms with Crippen molar-refractivity contribution in [1.29, 1.82) is 0 Å². The molecular formula is C33H65NO9P+. The van der Waals surface area contributed by atoms with Gasteiger partial charge in [-0.3, -0.25) is 18.6 Å². The molecule has 0 saturated heterocycles. The molecule has 0 aromatic heterocycles. The van der Waals surface area contributed by atoms with Crippen molar-refractivity contribution in [3.63, 3.8) is 0 Å². The number of phosphoric acid groups is 1. The number of carbonyl (C=O) groups is 3. The van der Waals surface area contributed by atoms with Crippen LogP contribution in [0.5, 0.6) is 0 Å². The van der Waals surface area contributed by atoms with Gasteiger partial charge < -0.3 is 23.6 Å². The standard InChI is InChI=1S/C33H64NO9P/c1-5-6-7-8-9-10-11-12-13-14-15-18-21-24-32(36)40-29-31(30-42-44(38,39)41-28-26-34(2,3)4)43-33(37)25-22-19-16-17-20-23-27-35/h27,31H,5-26,28-30H2,1-4H3/p+1/t31-/m0/s1. The maximum atomic E-state index is 12.4. The van der Waals surface area contributed by atoms with Crippen LogP contribution < -0.4 is 0 Å². The number of ether oxygens (including phenoxy) is 2. The van der Waals surface area contributed by atoms with E-state index in [0.717, 1.165) is 51.2 Å². The van der Waals surface area contributed by atoms with Gasteiger partial charge in [0.1, 0.15) is 26.0 Å². The number of aldehydes is 1. The lowest BCUT2D eigenvalue weighted by Gasteiger charge is -2.24. The van der Waals surface area contributed by atoms with Gasteiger partial charge in [0.2, 0.25) is 0 Å². The molecule has 0 aliphatic rings. The highest BCUT2D eigenvalue weighted by Crippen LogP contribution is 2.43. The molecule has 0 aromatic carbocycles. The highest BCUT2D eigenvalue weighted by molar-refractivity contribution is 7.47. The Labute approximate surface area is 268 Å². The molecule has 0 spiro atoms. The summed E-state index contributed by atoms with van der Waals surface area (Å²) in [5, 5.41) is 0. The Balaban J connectivity index is 4.39. The van der Waals surface area contributed by atoms with Crippen LogP contribution in [0.4, 0.5) is 0 Å². The number of hydrogen-bond acceptors (Lipinski definition) is 8. The van der Waals surface area contributed by atoms with Gasteiger partial charge in [-0.25, -0.2) is 4.57 Å². The van der Waals surface area contributed by atoms with Gasteiger partial charge in [-0.05, 0) is 19.3 Å². The minimum Gasteiger partial charge on any atom is -0.462 e. The van der Waals surface area contributed by atoms with E-state index < -0.39 is 32.5 Å². The summed E-state index contributed by atoms with van der Waals surface area (Å²) in [4.78, 5) is 45.2. The van der Waals surface area contributed by atoms with Gasteiger partial charge in [-0.2, -0.15) is 0 Å². The number of unbranched alkanes of at least 4 members (excludes halogenated alkanes) is 17. The molecule has 2 atom stereocenters. The van der Waals surface area contributed by atoms with Gasteiger partial charge in [-0.15, -0.1) is 0 Å². The Morgan fingerprint density at radius 2 is 1.18 bits per heavy atom. The molecule has 44 heavy (non-hydrogen) atoms. The quantitative estimate of drug-likeness (QED) is 0.0256. The topological polar surface area (TPSA) is 125 Å². The smallest absolute Gasteiger partial charge is 0.462 e. The van der Waals surface area contributed by atoms with Crippen LogP contribution in [0.3, 0.4) is 0 Å². The molecule has 1 unspecified atom stereocenters. The summed E-state index contributed by atoms with van der Waals surface area (Å²) in [7, 11) is 1.42. The minimum absolute atomic E-state index is 0.0166. The average Bonchev–Trinajstić information content (AvgIpc) is 2.95. The third kappa shape index (κ3) is 30.7. The van der Waals surface area contributed by atoms with E-state index in [2.05, 4.69) is 6.92 Å². The second kappa shape index (κ2) is 27.9. The maximum absolute atomic E-state index is 12.4. The number of phosphoric ester groups is 1. The van der Waals surface area contributed by atoms with Crippen molar-refractivity contribution in [3.05, 3.63) is 0 Å². The molecule has 0 aromatic rings. The van der Waals surface area contributed by atoms with Crippen LogP contribution in [0.1, 0.15) is 142 Å². The first-order valence-electron chi connectivity index (χ1n) is 17.2. The van der Waals surface area contributed by atoms with Crippen LogP contribution in [0.2, 0.25) is 0 Å². The molecule has 0 heterocycles. The lowest BCUT2D eigenvalue weighted by Crippen LogP contribution is -2.37. The molecule has 10 nitrogen and oxygen atoms in total. The first-order valence-corrected chi connectivity index (χ1v) is 18.7. The van der Waals surface area contributed by atoms with E-state index in [1.54, 1.807) is 0 Å². The zero-order valence-electron chi connectivity index (χ0n) is 28.4. The van der Waals surface area contributed by atoms with Crippen molar-refractivity contribution in [2.45, 2.75) is 148 Å². The molecule has 0 radical (unpaired) electrons. The van der Waals surface area contributed by atoms with E-state index >= 15 is 0 Å². The van der Waals surface area contributed by atoms with Crippen LogP contribution >= 0.6 is 7.82 Å². The lowest BCUT2D eigenvalue weighted by molar-refractivity contribution is -0.870. The van der Waals surface area contributed by atoms with Crippen LogP contribution in [-0.4, -0.2) is 81.2 Å². The number of hydrogen-bond donors (Lipinski definition) is 1. The molecular weight excluding hydrogens is 585 g/mol. The average molecular weight is 651 g/mol. The van der Waals surface area contributed by atoms with Gasteiger partial charge in [0.15, 0.2) is 6.10 Å². The van der Waals surface area contributed by atoms with Crippen molar-refractivity contribution in [3.8, 4) is 0 Å². The monoisotopic (exact) mass is 650 g/mol. The number of rotatable bonds is 32. The molecule has 11 heteroatoms. The molecule has 0 aliphatic heterocycles. The molecule has 0 aliphatic carbocycles. The Kier molecular flexibility index (Phi) is 27.1. The summed E-state index contributed by atoms with van der Waals surface area (Å²) in [5.41, 5.74) is 0. The minimum atomic E-state index is -4.37. The predicted molar refractivity (Wildman–Crippen MR) is 174 cm³/mol. The molecule has 0 fully saturated rings. The van der Waals surface area contributed by atoms with Crippen molar-refractivity contribution >= 4 is 26.0 Å². The Morgan fingerprint density at radius 1 is 0.705 bits per heavy atom. The Hall–Kier alpha value is -1.32. The number of nitrogens with zero attached hydrogens (tertiary/aromatic N) is 1. The van der Waals surface area contributed by atoms with E-state index in [9.17, 15) is 23.8 Å². The molecule has 0 amide bonds. The normalized spacial score (nSPS) is 13.8. The molecule has 0 saturated carbocycles. The second-order valence-electron chi connectivity index (χ2n) is 12.9. The van der Waals surface area contributed by atoms with Crippen LogP contribution in [0.15, 0.2) is 0 Å². The summed E-state index contributed by atoms with van der Waals surface area (Å²) < 4.78 is 33.8. The fraction of sp³-hybridized carbons (Fsp3) is 0.909. The largest absolute Gasteiger partial charge is 0.472 e. The van der Waals surface area contributed by atoms with E-state index in [0.29, 0.717) is 23.9 Å². The van der Waals surface area contributed by atoms with Crippen LogP contribution in [-0.2, 0) is 37.5 Å².